The van der Waals surface area contributed by atoms with Crippen LogP contribution in [-0.2, 0) is 20.7 Å². The number of fused-ring (bicyclic) bond motifs is 3. The van der Waals surface area contributed by atoms with Gasteiger partial charge in [0.05, 0.1) is 23.1 Å². The number of hydrogen-bond donors (Lipinski definition) is 5. The van der Waals surface area contributed by atoms with Crippen LogP contribution < -0.4 is 5.73 Å². The minimum Gasteiger partial charge on any atom is -0.508 e. The van der Waals surface area contributed by atoms with Crippen molar-refractivity contribution in [2.45, 2.75) is 37.0 Å². The van der Waals surface area contributed by atoms with Crippen molar-refractivity contribution in [2.24, 2.45) is 11.7 Å². The molecule has 1 amide bonds. The highest BCUT2D eigenvalue weighted by molar-refractivity contribution is 6.25. The summed E-state index contributed by atoms with van der Waals surface area (Å²) in [5.74, 6) is -6.11. The number of benzene rings is 2. The third-order valence-electron chi connectivity index (χ3n) is 7.69. The number of likely N-dealkylation sites (tertiary alicyclic amines) is 1. The van der Waals surface area contributed by atoms with E-state index in [-0.39, 0.29) is 29.2 Å². The number of hydrogen-bond acceptors (Lipinski definition) is 9. The molecule has 3 atom stereocenters. The molecular formula is C25H26N2O8. The third-order valence-corrected chi connectivity index (χ3v) is 7.69. The van der Waals surface area contributed by atoms with Crippen LogP contribution in [0.1, 0.15) is 28.8 Å². The predicted molar refractivity (Wildman–Crippen MR) is 123 cm³/mol. The molecule has 184 valence electrons. The Kier molecular flexibility index (Phi) is 5.35. The van der Waals surface area contributed by atoms with Gasteiger partial charge in [-0.05, 0) is 36.3 Å². The zero-order chi connectivity index (χ0) is 25.2. The molecule has 0 bridgehead atoms. The molecule has 1 fully saturated rings. The van der Waals surface area contributed by atoms with E-state index in [1.165, 1.54) is 6.07 Å². The fourth-order valence-corrected chi connectivity index (χ4v) is 5.94. The molecule has 0 spiro atoms. The minimum atomic E-state index is -2.66. The quantitative estimate of drug-likeness (QED) is 0.395. The molecular weight excluding hydrogens is 456 g/mol. The number of amides is 1. The number of ketones is 2. The van der Waals surface area contributed by atoms with Gasteiger partial charge >= 0.3 is 0 Å². The number of rotatable bonds is 3. The summed E-state index contributed by atoms with van der Waals surface area (Å²) in [5.41, 5.74) is 2.01. The monoisotopic (exact) mass is 482 g/mol. The lowest BCUT2D eigenvalue weighted by molar-refractivity contribution is -0.135. The summed E-state index contributed by atoms with van der Waals surface area (Å²) < 4.78 is 5.40. The van der Waals surface area contributed by atoms with E-state index in [0.717, 1.165) is 0 Å². The number of ether oxygens (including phenoxy) is 1. The Morgan fingerprint density at radius 2 is 1.86 bits per heavy atom. The summed E-state index contributed by atoms with van der Waals surface area (Å²) in [6.07, 6.45) is 1.14. The lowest BCUT2D eigenvalue weighted by Crippen LogP contribution is -2.66. The van der Waals surface area contributed by atoms with Gasteiger partial charge in [-0.1, -0.05) is 18.2 Å². The number of nitrogens with zero attached hydrogens (tertiary/aromatic N) is 1. The van der Waals surface area contributed by atoms with Gasteiger partial charge in [0.25, 0.3) is 5.91 Å². The van der Waals surface area contributed by atoms with Crippen molar-refractivity contribution >= 4 is 28.2 Å². The molecule has 6 N–H and O–H groups in total. The Bertz CT molecular complexity index is 1310. The van der Waals surface area contributed by atoms with Crippen LogP contribution >= 0.6 is 0 Å². The number of methoxy groups -OCH3 is 1. The summed E-state index contributed by atoms with van der Waals surface area (Å²) in [4.78, 5) is 41.2. The van der Waals surface area contributed by atoms with Crippen LogP contribution in [0.5, 0.6) is 11.5 Å². The van der Waals surface area contributed by atoms with Crippen molar-refractivity contribution in [3.63, 3.8) is 0 Å². The van der Waals surface area contributed by atoms with Gasteiger partial charge in [0.15, 0.2) is 11.4 Å². The van der Waals surface area contributed by atoms with Crippen LogP contribution in [0, 0.1) is 5.92 Å². The van der Waals surface area contributed by atoms with Gasteiger partial charge in [-0.25, -0.2) is 0 Å². The number of nitrogens with two attached hydrogens (primary N) is 1. The fourth-order valence-electron chi connectivity index (χ4n) is 5.94. The first-order valence-corrected chi connectivity index (χ1v) is 11.4. The molecule has 10 nitrogen and oxygen atoms in total. The molecule has 2 aromatic carbocycles. The van der Waals surface area contributed by atoms with E-state index in [2.05, 4.69) is 0 Å². The average Bonchev–Trinajstić information content (AvgIpc) is 2.81. The molecule has 10 heteroatoms. The molecule has 2 aliphatic carbocycles. The van der Waals surface area contributed by atoms with Crippen LogP contribution in [0.25, 0.3) is 10.8 Å². The number of carbonyl (C=O) groups excluding carboxylic acids is 3. The maximum absolute atomic E-state index is 13.8. The van der Waals surface area contributed by atoms with Crippen molar-refractivity contribution in [1.29, 1.82) is 0 Å². The van der Waals surface area contributed by atoms with Gasteiger partial charge in [0.2, 0.25) is 5.78 Å². The standard InChI is InChI=1S/C25H26N2O8/c1-35-13-5-7-27(8-6-13)19-14-10-12-9-11-3-2-4-15(28)16(11)20(29)17(12)22(31)25(14,34)23(32)18(21(19)30)24(26)33/h2-4,9,13-14,19,28-29,32,34H,5-8,10H2,1H3,(H2,26,33). The topological polar surface area (TPSA) is 171 Å². The second-order valence-electron chi connectivity index (χ2n) is 9.41. The van der Waals surface area contributed by atoms with Gasteiger partial charge < -0.3 is 30.9 Å². The SMILES string of the molecule is COC1CCN(C2C(=O)C(C(N)=O)=C(O)C3(O)C(=O)c4c(cc5cccc(O)c5c4O)CC23)CC1. The highest BCUT2D eigenvalue weighted by atomic mass is 16.5. The minimum absolute atomic E-state index is 0.00640. The number of aliphatic hydroxyl groups excluding tert-OH is 1. The van der Waals surface area contributed by atoms with E-state index in [9.17, 15) is 34.8 Å². The summed E-state index contributed by atoms with van der Waals surface area (Å²) >= 11 is 0. The number of primary amides is 1. The lowest BCUT2D eigenvalue weighted by Gasteiger charge is -2.49. The van der Waals surface area contributed by atoms with Crippen molar-refractivity contribution in [3.8, 4) is 11.5 Å². The molecule has 1 heterocycles. The van der Waals surface area contributed by atoms with Crippen molar-refractivity contribution in [2.75, 3.05) is 20.2 Å². The van der Waals surface area contributed by atoms with Crippen molar-refractivity contribution in [3.05, 3.63) is 46.7 Å². The number of piperidine rings is 1. The fraction of sp³-hybridized carbons (Fsp3) is 0.400. The number of Topliss-reactive ketones (excluding diaryl/α,β-unsaturated/α-hetero) is 2. The molecule has 1 saturated heterocycles. The first-order valence-electron chi connectivity index (χ1n) is 11.4. The number of phenols is 2. The zero-order valence-corrected chi connectivity index (χ0v) is 19.0. The van der Waals surface area contributed by atoms with E-state index in [1.54, 1.807) is 30.2 Å². The van der Waals surface area contributed by atoms with Crippen LogP contribution in [0.15, 0.2) is 35.6 Å². The van der Waals surface area contributed by atoms with Gasteiger partial charge in [-0.15, -0.1) is 0 Å². The number of aromatic hydroxyl groups is 2. The summed E-state index contributed by atoms with van der Waals surface area (Å²) in [6.45, 7) is 0.818. The molecule has 0 saturated carbocycles. The second kappa shape index (κ2) is 8.04. The van der Waals surface area contributed by atoms with Crippen LogP contribution in [0.2, 0.25) is 0 Å². The van der Waals surface area contributed by atoms with Gasteiger partial charge in [0, 0.05) is 26.1 Å². The highest BCUT2D eigenvalue weighted by Crippen LogP contribution is 2.50. The molecule has 5 rings (SSSR count). The number of aliphatic hydroxyl groups is 2. The maximum atomic E-state index is 13.8. The molecule has 2 aromatic rings. The van der Waals surface area contributed by atoms with E-state index >= 15 is 0 Å². The summed E-state index contributed by atoms with van der Waals surface area (Å²) in [6, 6.07) is 5.11. The highest BCUT2D eigenvalue weighted by Gasteiger charge is 2.62. The van der Waals surface area contributed by atoms with Crippen LogP contribution in [-0.4, -0.2) is 80.7 Å². The Morgan fingerprint density at radius 1 is 1.17 bits per heavy atom. The van der Waals surface area contributed by atoms with Crippen molar-refractivity contribution < 1.29 is 39.5 Å². The molecule has 35 heavy (non-hydrogen) atoms. The summed E-state index contributed by atoms with van der Waals surface area (Å²) in [7, 11) is 1.60. The zero-order valence-electron chi connectivity index (χ0n) is 19.0. The average molecular weight is 482 g/mol. The molecule has 3 unspecified atom stereocenters. The first kappa shape index (κ1) is 23.3. The number of phenolic OH excluding ortho intramolecular Hbond substituents is 2. The normalized spacial score (nSPS) is 27.7. The van der Waals surface area contributed by atoms with Gasteiger partial charge in [0.1, 0.15) is 22.8 Å². The Hall–Kier alpha value is -3.47. The van der Waals surface area contributed by atoms with Gasteiger partial charge in [-0.2, -0.15) is 0 Å². The maximum Gasteiger partial charge on any atom is 0.255 e. The Morgan fingerprint density at radius 3 is 2.49 bits per heavy atom. The molecule has 0 radical (unpaired) electrons. The Labute approximate surface area is 200 Å². The van der Waals surface area contributed by atoms with Crippen LogP contribution in [0.3, 0.4) is 0 Å². The van der Waals surface area contributed by atoms with Crippen molar-refractivity contribution in [1.82, 2.24) is 4.90 Å². The van der Waals surface area contributed by atoms with E-state index in [1.807, 2.05) is 0 Å². The largest absolute Gasteiger partial charge is 0.508 e. The smallest absolute Gasteiger partial charge is 0.255 e. The van der Waals surface area contributed by atoms with E-state index < -0.39 is 52.1 Å². The second-order valence-corrected chi connectivity index (χ2v) is 9.41. The molecule has 0 aromatic heterocycles. The van der Waals surface area contributed by atoms with Crippen LogP contribution in [0.4, 0.5) is 0 Å². The molecule has 3 aliphatic rings. The summed E-state index contributed by atoms with van der Waals surface area (Å²) in [5, 5.41) is 44.4. The third kappa shape index (κ3) is 3.17. The first-order chi connectivity index (χ1) is 16.6. The predicted octanol–water partition coefficient (Wildman–Crippen LogP) is 0.697. The van der Waals surface area contributed by atoms with E-state index in [4.69, 9.17) is 10.5 Å². The Balaban J connectivity index is 1.71. The van der Waals surface area contributed by atoms with E-state index in [0.29, 0.717) is 36.9 Å². The lowest BCUT2D eigenvalue weighted by atomic mass is 9.61. The molecule has 1 aliphatic heterocycles. The van der Waals surface area contributed by atoms with Gasteiger partial charge in [-0.3, -0.25) is 19.3 Å². The number of carbonyl (C=O) groups is 3.